The van der Waals surface area contributed by atoms with Crippen LogP contribution in [0.3, 0.4) is 0 Å². The van der Waals surface area contributed by atoms with Crippen LogP contribution in [0.2, 0.25) is 0 Å². The van der Waals surface area contributed by atoms with Crippen LogP contribution in [0.25, 0.3) is 0 Å². The van der Waals surface area contributed by atoms with Gasteiger partial charge in [0.05, 0.1) is 6.04 Å². The van der Waals surface area contributed by atoms with Crippen LogP contribution >= 0.6 is 11.8 Å². The fourth-order valence-electron chi connectivity index (χ4n) is 1.09. The first-order valence-corrected chi connectivity index (χ1v) is 5.18. The summed E-state index contributed by atoms with van der Waals surface area (Å²) in [5.41, 5.74) is 5.47. The molecule has 0 saturated heterocycles. The van der Waals surface area contributed by atoms with Crippen molar-refractivity contribution in [3.63, 3.8) is 0 Å². The van der Waals surface area contributed by atoms with Crippen LogP contribution in [-0.2, 0) is 0 Å². The quantitative estimate of drug-likeness (QED) is 0.737. The summed E-state index contributed by atoms with van der Waals surface area (Å²) in [6.45, 7) is 3.78. The molecule has 0 aromatic heterocycles. The molecule has 0 radical (unpaired) electrons. The molecule has 2 unspecified atom stereocenters. The molecule has 0 spiro atoms. The Kier molecular flexibility index (Phi) is 3.38. The summed E-state index contributed by atoms with van der Waals surface area (Å²) in [5, 5.41) is 0.607. The van der Waals surface area contributed by atoms with Crippen molar-refractivity contribution in [3.05, 3.63) is 0 Å². The molecule has 70 valence electrons. The second kappa shape index (κ2) is 4.12. The van der Waals surface area contributed by atoms with Crippen LogP contribution in [0.1, 0.15) is 20.3 Å². The molecular formula is C8H15FN2S. The maximum atomic E-state index is 13.2. The zero-order chi connectivity index (χ0) is 9.14. The van der Waals surface area contributed by atoms with Gasteiger partial charge >= 0.3 is 0 Å². The molecule has 0 bridgehead atoms. The van der Waals surface area contributed by atoms with E-state index in [9.17, 15) is 4.39 Å². The number of amidine groups is 1. The van der Waals surface area contributed by atoms with Crippen LogP contribution in [0, 0.1) is 5.92 Å². The molecule has 0 fully saturated rings. The standard InChI is InChI=1S/C8H15FN2S/c1-5(2)7(9)3-6-4-12-8(10)11-6/h5-7H,3-4H2,1-2H3,(H2,10,11). The fourth-order valence-corrected chi connectivity index (χ4v) is 1.89. The molecule has 1 heterocycles. The molecule has 1 aliphatic rings. The van der Waals surface area contributed by atoms with E-state index in [1.165, 1.54) is 11.8 Å². The van der Waals surface area contributed by atoms with E-state index in [1.807, 2.05) is 13.8 Å². The number of hydrogen-bond donors (Lipinski definition) is 1. The summed E-state index contributed by atoms with van der Waals surface area (Å²) < 4.78 is 13.2. The average Bonchev–Trinajstić information content (AvgIpc) is 2.35. The van der Waals surface area contributed by atoms with Gasteiger partial charge in [0.1, 0.15) is 6.17 Å². The van der Waals surface area contributed by atoms with Gasteiger partial charge in [0.25, 0.3) is 0 Å². The minimum Gasteiger partial charge on any atom is -0.379 e. The van der Waals surface area contributed by atoms with Crippen LogP contribution in [0.4, 0.5) is 4.39 Å². The van der Waals surface area contributed by atoms with Gasteiger partial charge in [-0.1, -0.05) is 25.6 Å². The van der Waals surface area contributed by atoms with E-state index >= 15 is 0 Å². The Labute approximate surface area is 76.8 Å². The molecule has 0 aromatic carbocycles. The van der Waals surface area contributed by atoms with Crippen molar-refractivity contribution in [3.8, 4) is 0 Å². The highest BCUT2D eigenvalue weighted by Crippen LogP contribution is 2.22. The first kappa shape index (κ1) is 9.84. The van der Waals surface area contributed by atoms with Crippen LogP contribution in [-0.4, -0.2) is 23.1 Å². The fraction of sp³-hybridized carbons (Fsp3) is 0.875. The maximum absolute atomic E-state index is 13.2. The second-order valence-corrected chi connectivity index (χ2v) is 4.47. The molecule has 2 atom stereocenters. The Morgan fingerprint density at radius 1 is 1.75 bits per heavy atom. The first-order valence-electron chi connectivity index (χ1n) is 4.19. The van der Waals surface area contributed by atoms with E-state index in [0.29, 0.717) is 11.6 Å². The van der Waals surface area contributed by atoms with E-state index in [4.69, 9.17) is 5.73 Å². The molecule has 2 N–H and O–H groups in total. The smallest absolute Gasteiger partial charge is 0.154 e. The number of alkyl halides is 1. The third-order valence-electron chi connectivity index (χ3n) is 1.95. The number of nitrogens with two attached hydrogens (primary N) is 1. The zero-order valence-electron chi connectivity index (χ0n) is 7.46. The molecule has 0 aliphatic carbocycles. The molecule has 12 heavy (non-hydrogen) atoms. The minimum absolute atomic E-state index is 0.0898. The number of thioether (sulfide) groups is 1. The van der Waals surface area contributed by atoms with E-state index < -0.39 is 6.17 Å². The van der Waals surface area contributed by atoms with Gasteiger partial charge in [-0.2, -0.15) is 0 Å². The molecule has 1 aliphatic heterocycles. The number of aliphatic imine (C=N–C) groups is 1. The highest BCUT2D eigenvalue weighted by atomic mass is 32.2. The van der Waals surface area contributed by atoms with Crippen LogP contribution < -0.4 is 5.73 Å². The number of halogens is 1. The lowest BCUT2D eigenvalue weighted by Gasteiger charge is -2.13. The summed E-state index contributed by atoms with van der Waals surface area (Å²) in [5.74, 6) is 0.936. The van der Waals surface area contributed by atoms with Crippen molar-refractivity contribution in [2.24, 2.45) is 16.6 Å². The van der Waals surface area contributed by atoms with E-state index in [2.05, 4.69) is 4.99 Å². The monoisotopic (exact) mass is 190 g/mol. The lowest BCUT2D eigenvalue weighted by Crippen LogP contribution is -2.17. The summed E-state index contributed by atoms with van der Waals surface area (Å²) in [4.78, 5) is 4.13. The van der Waals surface area contributed by atoms with Gasteiger partial charge in [0, 0.05) is 12.2 Å². The summed E-state index contributed by atoms with van der Waals surface area (Å²) in [7, 11) is 0. The highest BCUT2D eigenvalue weighted by Gasteiger charge is 2.22. The lowest BCUT2D eigenvalue weighted by molar-refractivity contribution is 0.231. The topological polar surface area (TPSA) is 38.4 Å². The van der Waals surface area contributed by atoms with E-state index in [-0.39, 0.29) is 12.0 Å². The summed E-state index contributed by atoms with van der Waals surface area (Å²) >= 11 is 1.52. The normalized spacial score (nSPS) is 26.0. The third kappa shape index (κ3) is 2.66. The number of hydrogen-bond acceptors (Lipinski definition) is 3. The van der Waals surface area contributed by atoms with Crippen molar-refractivity contribution in [2.45, 2.75) is 32.5 Å². The highest BCUT2D eigenvalue weighted by molar-refractivity contribution is 8.14. The molecule has 2 nitrogen and oxygen atoms in total. The summed E-state index contributed by atoms with van der Waals surface area (Å²) in [6.07, 6.45) is -0.226. The Morgan fingerprint density at radius 3 is 2.83 bits per heavy atom. The van der Waals surface area contributed by atoms with E-state index in [0.717, 1.165) is 5.75 Å². The Morgan fingerprint density at radius 2 is 2.42 bits per heavy atom. The predicted molar refractivity (Wildman–Crippen MR) is 52.2 cm³/mol. The van der Waals surface area contributed by atoms with Gasteiger partial charge in [0.2, 0.25) is 0 Å². The number of rotatable bonds is 3. The van der Waals surface area contributed by atoms with Gasteiger partial charge in [-0.15, -0.1) is 0 Å². The van der Waals surface area contributed by atoms with Gasteiger partial charge in [-0.25, -0.2) is 4.39 Å². The largest absolute Gasteiger partial charge is 0.379 e. The Bertz CT molecular complexity index is 182. The second-order valence-electron chi connectivity index (χ2n) is 3.43. The third-order valence-corrected chi connectivity index (χ3v) is 2.91. The predicted octanol–water partition coefficient (Wildman–Crippen LogP) is 1.80. The van der Waals surface area contributed by atoms with Crippen molar-refractivity contribution < 1.29 is 4.39 Å². The summed E-state index contributed by atoms with van der Waals surface area (Å²) in [6, 6.07) is 0.104. The van der Waals surface area contributed by atoms with Crippen molar-refractivity contribution >= 4 is 16.9 Å². The molecule has 4 heteroatoms. The molecular weight excluding hydrogens is 175 g/mol. The maximum Gasteiger partial charge on any atom is 0.154 e. The minimum atomic E-state index is -0.745. The zero-order valence-corrected chi connectivity index (χ0v) is 8.27. The molecule has 1 rings (SSSR count). The Hall–Kier alpha value is -0.250. The van der Waals surface area contributed by atoms with E-state index in [1.54, 1.807) is 0 Å². The van der Waals surface area contributed by atoms with Crippen LogP contribution in [0.15, 0.2) is 4.99 Å². The number of nitrogens with zero attached hydrogens (tertiary/aromatic N) is 1. The Balaban J connectivity index is 2.32. The van der Waals surface area contributed by atoms with Gasteiger partial charge < -0.3 is 5.73 Å². The van der Waals surface area contributed by atoms with Gasteiger partial charge in [-0.05, 0) is 5.92 Å². The van der Waals surface area contributed by atoms with Crippen molar-refractivity contribution in [1.82, 2.24) is 0 Å². The SMILES string of the molecule is CC(C)C(F)CC1CSC(N)=N1. The molecule has 0 saturated carbocycles. The lowest BCUT2D eigenvalue weighted by atomic mass is 10.0. The van der Waals surface area contributed by atoms with Crippen molar-refractivity contribution in [1.29, 1.82) is 0 Å². The average molecular weight is 190 g/mol. The van der Waals surface area contributed by atoms with Crippen LogP contribution in [0.5, 0.6) is 0 Å². The molecule has 0 amide bonds. The first-order chi connectivity index (χ1) is 5.59. The van der Waals surface area contributed by atoms with Crippen molar-refractivity contribution in [2.75, 3.05) is 5.75 Å². The van der Waals surface area contributed by atoms with Gasteiger partial charge in [0.15, 0.2) is 5.17 Å². The van der Waals surface area contributed by atoms with Gasteiger partial charge in [-0.3, -0.25) is 4.99 Å². The molecule has 0 aromatic rings.